The summed E-state index contributed by atoms with van der Waals surface area (Å²) in [4.78, 5) is 21.9. The van der Waals surface area contributed by atoms with Crippen LogP contribution >= 0.6 is 0 Å². The quantitative estimate of drug-likeness (QED) is 0.859. The molecule has 2 aromatic rings. The predicted octanol–water partition coefficient (Wildman–Crippen LogP) is 3.45. The number of rotatable bonds is 4. The number of carbonyl (C=O) groups is 1. The van der Waals surface area contributed by atoms with E-state index in [1.807, 2.05) is 42.5 Å². The number of amides is 1. The molecule has 2 aliphatic rings. The van der Waals surface area contributed by atoms with Crippen LogP contribution in [-0.4, -0.2) is 52.9 Å². The van der Waals surface area contributed by atoms with Gasteiger partial charge in [-0.2, -0.15) is 0 Å². The van der Waals surface area contributed by atoms with Gasteiger partial charge in [0.2, 0.25) is 0 Å². The maximum absolute atomic E-state index is 13.0. The third-order valence-corrected chi connectivity index (χ3v) is 5.40. The summed E-state index contributed by atoms with van der Waals surface area (Å²) in [7, 11) is 0. The van der Waals surface area contributed by atoms with Crippen LogP contribution < -0.4 is 0 Å². The molecule has 130 valence electrons. The summed E-state index contributed by atoms with van der Waals surface area (Å²) in [5.41, 5.74) is 2.77. The molecular formula is C21H25N3O. The van der Waals surface area contributed by atoms with Crippen LogP contribution in [0.3, 0.4) is 0 Å². The minimum absolute atomic E-state index is 0.175. The number of hydrogen-bond acceptors (Lipinski definition) is 3. The fourth-order valence-corrected chi connectivity index (χ4v) is 4.04. The van der Waals surface area contributed by atoms with Gasteiger partial charge in [0, 0.05) is 36.5 Å². The summed E-state index contributed by atoms with van der Waals surface area (Å²) < 4.78 is 0. The highest BCUT2D eigenvalue weighted by atomic mass is 16.2. The summed E-state index contributed by atoms with van der Waals surface area (Å²) in [6.45, 7) is 4.31. The van der Waals surface area contributed by atoms with Crippen molar-refractivity contribution in [3.63, 3.8) is 0 Å². The molecule has 2 aliphatic heterocycles. The number of carbonyl (C=O) groups excluding carboxylic acids is 1. The second-order valence-corrected chi connectivity index (χ2v) is 7.09. The van der Waals surface area contributed by atoms with Crippen molar-refractivity contribution in [3.05, 3.63) is 54.2 Å². The largest absolute Gasteiger partial charge is 0.334 e. The number of aromatic nitrogens is 1. The SMILES string of the molecule is O=C(c1ccc(-c2ccccn2)cc1)N1CCC[C@H]1CN1CCCC1. The molecule has 2 saturated heterocycles. The van der Waals surface area contributed by atoms with Crippen molar-refractivity contribution < 1.29 is 4.79 Å². The number of nitrogens with zero attached hydrogens (tertiary/aromatic N) is 3. The van der Waals surface area contributed by atoms with Gasteiger partial charge in [-0.1, -0.05) is 18.2 Å². The number of benzene rings is 1. The molecule has 1 aromatic carbocycles. The van der Waals surface area contributed by atoms with Crippen LogP contribution in [0.1, 0.15) is 36.0 Å². The summed E-state index contributed by atoms with van der Waals surface area (Å²) in [6, 6.07) is 14.1. The fourth-order valence-electron chi connectivity index (χ4n) is 4.04. The number of pyridine rings is 1. The maximum atomic E-state index is 13.0. The molecule has 4 rings (SSSR count). The van der Waals surface area contributed by atoms with Gasteiger partial charge >= 0.3 is 0 Å². The van der Waals surface area contributed by atoms with Crippen molar-refractivity contribution in [2.75, 3.05) is 26.2 Å². The molecule has 0 aliphatic carbocycles. The Labute approximate surface area is 149 Å². The molecule has 0 spiro atoms. The molecule has 25 heavy (non-hydrogen) atoms. The van der Waals surface area contributed by atoms with Crippen LogP contribution in [-0.2, 0) is 0 Å². The van der Waals surface area contributed by atoms with Gasteiger partial charge in [-0.15, -0.1) is 0 Å². The molecule has 4 nitrogen and oxygen atoms in total. The third-order valence-electron chi connectivity index (χ3n) is 5.40. The van der Waals surface area contributed by atoms with Gasteiger partial charge in [0.25, 0.3) is 5.91 Å². The van der Waals surface area contributed by atoms with Crippen LogP contribution in [0.15, 0.2) is 48.7 Å². The average Bonchev–Trinajstić information content (AvgIpc) is 3.34. The van der Waals surface area contributed by atoms with Crippen molar-refractivity contribution in [2.24, 2.45) is 0 Å². The zero-order valence-corrected chi connectivity index (χ0v) is 14.6. The van der Waals surface area contributed by atoms with Gasteiger partial charge in [-0.3, -0.25) is 9.78 Å². The average molecular weight is 335 g/mol. The normalized spacial score (nSPS) is 21.0. The smallest absolute Gasteiger partial charge is 0.254 e. The van der Waals surface area contributed by atoms with E-state index in [0.29, 0.717) is 6.04 Å². The molecule has 0 saturated carbocycles. The Bertz CT molecular complexity index is 708. The first-order valence-electron chi connectivity index (χ1n) is 9.36. The van der Waals surface area contributed by atoms with Crippen LogP contribution in [0.5, 0.6) is 0 Å². The van der Waals surface area contributed by atoms with Crippen molar-refractivity contribution in [2.45, 2.75) is 31.7 Å². The lowest BCUT2D eigenvalue weighted by Gasteiger charge is -2.28. The van der Waals surface area contributed by atoms with Crippen LogP contribution in [0.2, 0.25) is 0 Å². The van der Waals surface area contributed by atoms with E-state index in [2.05, 4.69) is 14.8 Å². The minimum atomic E-state index is 0.175. The summed E-state index contributed by atoms with van der Waals surface area (Å²) in [6.07, 6.45) is 6.65. The lowest BCUT2D eigenvalue weighted by Crippen LogP contribution is -2.42. The number of hydrogen-bond donors (Lipinski definition) is 0. The first-order chi connectivity index (χ1) is 12.3. The molecule has 0 radical (unpaired) electrons. The molecule has 2 fully saturated rings. The standard InChI is InChI=1S/C21H25N3O/c25-21(24-15-5-6-19(24)16-23-13-3-4-14-23)18-10-8-17(9-11-18)20-7-1-2-12-22-20/h1-2,7-12,19H,3-6,13-16H2/t19-/m0/s1. The lowest BCUT2D eigenvalue weighted by atomic mass is 10.1. The Hall–Kier alpha value is -2.20. The Morgan fingerprint density at radius 1 is 1.00 bits per heavy atom. The van der Waals surface area contributed by atoms with E-state index in [1.54, 1.807) is 6.20 Å². The zero-order valence-electron chi connectivity index (χ0n) is 14.6. The highest BCUT2D eigenvalue weighted by Gasteiger charge is 2.31. The van der Waals surface area contributed by atoms with Gasteiger partial charge in [-0.25, -0.2) is 0 Å². The van der Waals surface area contributed by atoms with Gasteiger partial charge in [0.15, 0.2) is 0 Å². The van der Waals surface area contributed by atoms with E-state index in [-0.39, 0.29) is 5.91 Å². The Kier molecular flexibility index (Phi) is 4.79. The van der Waals surface area contributed by atoms with Gasteiger partial charge < -0.3 is 9.80 Å². The Balaban J connectivity index is 1.46. The van der Waals surface area contributed by atoms with E-state index in [4.69, 9.17) is 0 Å². The summed E-state index contributed by atoms with van der Waals surface area (Å²) in [5, 5.41) is 0. The lowest BCUT2D eigenvalue weighted by molar-refractivity contribution is 0.0709. The Morgan fingerprint density at radius 2 is 1.80 bits per heavy atom. The van der Waals surface area contributed by atoms with Crippen molar-refractivity contribution in [3.8, 4) is 11.3 Å². The minimum Gasteiger partial charge on any atom is -0.334 e. The van der Waals surface area contributed by atoms with Gasteiger partial charge in [0.05, 0.1) is 5.69 Å². The van der Waals surface area contributed by atoms with Crippen LogP contribution in [0.25, 0.3) is 11.3 Å². The molecular weight excluding hydrogens is 310 g/mol. The van der Waals surface area contributed by atoms with Crippen LogP contribution in [0, 0.1) is 0 Å². The highest BCUT2D eigenvalue weighted by molar-refractivity contribution is 5.95. The highest BCUT2D eigenvalue weighted by Crippen LogP contribution is 2.24. The van der Waals surface area contributed by atoms with E-state index >= 15 is 0 Å². The molecule has 0 unspecified atom stereocenters. The first kappa shape index (κ1) is 16.3. The van der Waals surface area contributed by atoms with Crippen molar-refractivity contribution in [1.29, 1.82) is 0 Å². The maximum Gasteiger partial charge on any atom is 0.254 e. The summed E-state index contributed by atoms with van der Waals surface area (Å²) >= 11 is 0. The van der Waals surface area contributed by atoms with E-state index in [9.17, 15) is 4.79 Å². The molecule has 3 heterocycles. The Morgan fingerprint density at radius 3 is 2.52 bits per heavy atom. The second-order valence-electron chi connectivity index (χ2n) is 7.09. The summed E-state index contributed by atoms with van der Waals surface area (Å²) in [5.74, 6) is 0.175. The molecule has 0 bridgehead atoms. The molecule has 0 N–H and O–H groups in total. The zero-order chi connectivity index (χ0) is 17.1. The van der Waals surface area contributed by atoms with E-state index < -0.39 is 0 Å². The molecule has 1 atom stereocenters. The fraction of sp³-hybridized carbons (Fsp3) is 0.429. The topological polar surface area (TPSA) is 36.4 Å². The van der Waals surface area contributed by atoms with E-state index in [1.165, 1.54) is 25.9 Å². The number of likely N-dealkylation sites (tertiary alicyclic amines) is 2. The first-order valence-corrected chi connectivity index (χ1v) is 9.36. The predicted molar refractivity (Wildman–Crippen MR) is 99.4 cm³/mol. The van der Waals surface area contributed by atoms with Crippen molar-refractivity contribution >= 4 is 5.91 Å². The molecule has 1 amide bonds. The molecule has 4 heteroatoms. The van der Waals surface area contributed by atoms with E-state index in [0.717, 1.165) is 42.8 Å². The monoisotopic (exact) mass is 335 g/mol. The van der Waals surface area contributed by atoms with Crippen LogP contribution in [0.4, 0.5) is 0 Å². The third kappa shape index (κ3) is 3.59. The van der Waals surface area contributed by atoms with Gasteiger partial charge in [0.1, 0.15) is 0 Å². The van der Waals surface area contributed by atoms with Gasteiger partial charge in [-0.05, 0) is 63.0 Å². The van der Waals surface area contributed by atoms with Crippen molar-refractivity contribution in [1.82, 2.24) is 14.8 Å². The molecule has 1 aromatic heterocycles. The second kappa shape index (κ2) is 7.36.